The van der Waals surface area contributed by atoms with Gasteiger partial charge in [0.1, 0.15) is 5.82 Å². The van der Waals surface area contributed by atoms with Gasteiger partial charge in [-0.25, -0.2) is 4.98 Å². The summed E-state index contributed by atoms with van der Waals surface area (Å²) in [4.78, 5) is 9.71. The summed E-state index contributed by atoms with van der Waals surface area (Å²) < 4.78 is 39.6. The largest absolute Gasteiger partial charge is 0.433 e. The van der Waals surface area contributed by atoms with E-state index in [1.807, 2.05) is 18.7 Å². The summed E-state index contributed by atoms with van der Waals surface area (Å²) in [5.74, 6) is 0.920. The fourth-order valence-electron chi connectivity index (χ4n) is 2.64. The SMILES string of the molecule is CC(C)CNC(=S)Nc1nc(N2CCC[C@@H](C)C2)cc(C(F)(F)F)n1. The highest BCUT2D eigenvalue weighted by molar-refractivity contribution is 7.80. The monoisotopic (exact) mass is 375 g/mol. The molecule has 0 aliphatic carbocycles. The molecule has 25 heavy (non-hydrogen) atoms. The lowest BCUT2D eigenvalue weighted by Crippen LogP contribution is -2.36. The van der Waals surface area contributed by atoms with E-state index in [2.05, 4.69) is 27.5 Å². The molecule has 1 aliphatic rings. The number of halogens is 3. The summed E-state index contributed by atoms with van der Waals surface area (Å²) in [5.41, 5.74) is -0.968. The minimum Gasteiger partial charge on any atom is -0.362 e. The van der Waals surface area contributed by atoms with Gasteiger partial charge in [0.2, 0.25) is 5.95 Å². The molecule has 0 radical (unpaired) electrons. The van der Waals surface area contributed by atoms with Gasteiger partial charge in [-0.05, 0) is 36.9 Å². The molecule has 1 fully saturated rings. The first-order valence-corrected chi connectivity index (χ1v) is 8.82. The van der Waals surface area contributed by atoms with Gasteiger partial charge in [0, 0.05) is 25.7 Å². The van der Waals surface area contributed by atoms with Crippen molar-refractivity contribution in [3.63, 3.8) is 0 Å². The lowest BCUT2D eigenvalue weighted by atomic mass is 10.0. The van der Waals surface area contributed by atoms with Crippen LogP contribution in [0.15, 0.2) is 6.07 Å². The van der Waals surface area contributed by atoms with Crippen molar-refractivity contribution >= 4 is 29.1 Å². The van der Waals surface area contributed by atoms with Crippen molar-refractivity contribution in [2.45, 2.75) is 39.8 Å². The number of nitrogens with zero attached hydrogens (tertiary/aromatic N) is 3. The van der Waals surface area contributed by atoms with Crippen LogP contribution < -0.4 is 15.5 Å². The second-order valence-corrected chi connectivity index (χ2v) is 7.26. The van der Waals surface area contributed by atoms with Crippen molar-refractivity contribution in [1.82, 2.24) is 15.3 Å². The van der Waals surface area contributed by atoms with Crippen molar-refractivity contribution < 1.29 is 13.2 Å². The Hall–Kier alpha value is -1.64. The molecule has 2 rings (SSSR count). The van der Waals surface area contributed by atoms with Crippen LogP contribution in [-0.2, 0) is 6.18 Å². The Labute approximate surface area is 151 Å². The second kappa shape index (κ2) is 8.16. The number of aromatic nitrogens is 2. The second-order valence-electron chi connectivity index (χ2n) is 6.86. The molecule has 0 spiro atoms. The van der Waals surface area contributed by atoms with E-state index < -0.39 is 11.9 Å². The number of nitrogens with one attached hydrogen (secondary N) is 2. The molecule has 140 valence electrons. The zero-order chi connectivity index (χ0) is 18.6. The van der Waals surface area contributed by atoms with Gasteiger partial charge in [0.15, 0.2) is 10.8 Å². The van der Waals surface area contributed by atoms with Gasteiger partial charge >= 0.3 is 6.18 Å². The van der Waals surface area contributed by atoms with Crippen molar-refractivity contribution in [3.8, 4) is 0 Å². The van der Waals surface area contributed by atoms with E-state index in [4.69, 9.17) is 12.2 Å². The Bertz CT molecular complexity index is 606. The maximum Gasteiger partial charge on any atom is 0.433 e. The van der Waals surface area contributed by atoms with E-state index in [-0.39, 0.29) is 16.9 Å². The molecule has 0 aromatic carbocycles. The minimum absolute atomic E-state index is 0.135. The van der Waals surface area contributed by atoms with Crippen LogP contribution in [0.5, 0.6) is 0 Å². The first kappa shape index (κ1) is 19.7. The average Bonchev–Trinajstić information content (AvgIpc) is 2.52. The van der Waals surface area contributed by atoms with Crippen LogP contribution in [0, 0.1) is 11.8 Å². The molecule has 9 heteroatoms. The molecule has 5 nitrogen and oxygen atoms in total. The van der Waals surface area contributed by atoms with Crippen molar-refractivity contribution in [3.05, 3.63) is 11.8 Å². The summed E-state index contributed by atoms with van der Waals surface area (Å²) >= 11 is 5.11. The predicted octanol–water partition coefficient (Wildman–Crippen LogP) is 3.67. The fraction of sp³-hybridized carbons (Fsp3) is 0.688. The molecule has 1 saturated heterocycles. The Morgan fingerprint density at radius 3 is 2.72 bits per heavy atom. The van der Waals surface area contributed by atoms with Gasteiger partial charge < -0.3 is 15.5 Å². The Balaban J connectivity index is 2.23. The molecule has 1 aromatic rings. The Kier molecular flexibility index (Phi) is 6.42. The molecule has 2 heterocycles. The number of alkyl halides is 3. The third-order valence-corrected chi connectivity index (χ3v) is 4.13. The summed E-state index contributed by atoms with van der Waals surface area (Å²) in [6, 6.07) is 1.01. The fourth-order valence-corrected chi connectivity index (χ4v) is 2.81. The van der Waals surface area contributed by atoms with Crippen LogP contribution in [0.25, 0.3) is 0 Å². The van der Waals surface area contributed by atoms with Crippen LogP contribution in [-0.4, -0.2) is 34.7 Å². The van der Waals surface area contributed by atoms with Crippen LogP contribution >= 0.6 is 12.2 Å². The highest BCUT2D eigenvalue weighted by atomic mass is 32.1. The summed E-state index contributed by atoms with van der Waals surface area (Å²) in [7, 11) is 0. The summed E-state index contributed by atoms with van der Waals surface area (Å²) in [5, 5.41) is 5.83. The van der Waals surface area contributed by atoms with Crippen LogP contribution in [0.1, 0.15) is 39.3 Å². The molecule has 1 aromatic heterocycles. The molecule has 0 bridgehead atoms. The highest BCUT2D eigenvalue weighted by Crippen LogP contribution is 2.31. The van der Waals surface area contributed by atoms with Crippen LogP contribution in [0.2, 0.25) is 0 Å². The number of rotatable bonds is 4. The standard InChI is InChI=1S/C16H24F3N5S/c1-10(2)8-20-15(25)23-14-21-12(16(17,18)19)7-13(22-14)24-6-4-5-11(3)9-24/h7,10-11H,4-6,8-9H2,1-3H3,(H2,20,21,22,23,25)/t11-/m1/s1. The number of hydrogen-bond acceptors (Lipinski definition) is 4. The highest BCUT2D eigenvalue weighted by Gasteiger charge is 2.34. The predicted molar refractivity (Wildman–Crippen MR) is 96.7 cm³/mol. The van der Waals surface area contributed by atoms with Gasteiger partial charge in [-0.2, -0.15) is 18.2 Å². The third kappa shape index (κ3) is 5.98. The molecule has 0 unspecified atom stereocenters. The molecule has 1 aliphatic heterocycles. The lowest BCUT2D eigenvalue weighted by Gasteiger charge is -2.32. The zero-order valence-electron chi connectivity index (χ0n) is 14.7. The molecule has 0 saturated carbocycles. The summed E-state index contributed by atoms with van der Waals surface area (Å²) in [6.45, 7) is 8.08. The number of piperidine rings is 1. The van der Waals surface area contributed by atoms with Gasteiger partial charge in [0.25, 0.3) is 0 Å². The molecular formula is C16H24F3N5S. The van der Waals surface area contributed by atoms with E-state index in [9.17, 15) is 13.2 Å². The minimum atomic E-state index is -4.54. The third-order valence-electron chi connectivity index (χ3n) is 3.88. The zero-order valence-corrected chi connectivity index (χ0v) is 15.5. The Morgan fingerprint density at radius 2 is 2.12 bits per heavy atom. The molecule has 2 N–H and O–H groups in total. The topological polar surface area (TPSA) is 53.1 Å². The number of hydrogen-bond donors (Lipinski definition) is 2. The van der Waals surface area contributed by atoms with E-state index in [0.29, 0.717) is 31.5 Å². The van der Waals surface area contributed by atoms with Gasteiger partial charge in [-0.1, -0.05) is 20.8 Å². The van der Waals surface area contributed by atoms with E-state index in [1.165, 1.54) is 0 Å². The quantitative estimate of drug-likeness (QED) is 0.783. The number of thiocarbonyl (C=S) groups is 1. The van der Waals surface area contributed by atoms with Crippen molar-refractivity contribution in [2.75, 3.05) is 29.9 Å². The van der Waals surface area contributed by atoms with Gasteiger partial charge in [-0.3, -0.25) is 0 Å². The van der Waals surface area contributed by atoms with Gasteiger partial charge in [-0.15, -0.1) is 0 Å². The maximum absolute atomic E-state index is 13.2. The van der Waals surface area contributed by atoms with Crippen LogP contribution in [0.4, 0.5) is 24.9 Å². The summed E-state index contributed by atoms with van der Waals surface area (Å²) in [6.07, 6.45) is -2.53. The lowest BCUT2D eigenvalue weighted by molar-refractivity contribution is -0.141. The maximum atomic E-state index is 13.2. The first-order valence-electron chi connectivity index (χ1n) is 8.41. The molecular weight excluding hydrogens is 351 g/mol. The molecule has 0 amide bonds. The Morgan fingerprint density at radius 1 is 1.40 bits per heavy atom. The molecule has 1 atom stereocenters. The van der Waals surface area contributed by atoms with Crippen LogP contribution in [0.3, 0.4) is 0 Å². The smallest absolute Gasteiger partial charge is 0.362 e. The average molecular weight is 375 g/mol. The van der Waals surface area contributed by atoms with E-state index >= 15 is 0 Å². The first-order chi connectivity index (χ1) is 11.6. The normalized spacial score (nSPS) is 18.4. The van der Waals surface area contributed by atoms with Crippen molar-refractivity contribution in [2.24, 2.45) is 11.8 Å². The van der Waals surface area contributed by atoms with E-state index in [0.717, 1.165) is 18.9 Å². The van der Waals surface area contributed by atoms with Crippen molar-refractivity contribution in [1.29, 1.82) is 0 Å². The van der Waals surface area contributed by atoms with Gasteiger partial charge in [0.05, 0.1) is 0 Å². The van der Waals surface area contributed by atoms with E-state index in [1.54, 1.807) is 0 Å². The number of anilines is 2.